The van der Waals surface area contributed by atoms with Crippen molar-refractivity contribution in [2.75, 3.05) is 5.73 Å². The van der Waals surface area contributed by atoms with Crippen molar-refractivity contribution in [2.45, 2.75) is 6.54 Å². The Hall–Kier alpha value is -2.60. The average molecular weight is 303 g/mol. The number of anilines is 1. The van der Waals surface area contributed by atoms with E-state index in [2.05, 4.69) is 9.97 Å². The van der Waals surface area contributed by atoms with Crippen molar-refractivity contribution in [2.24, 2.45) is 0 Å². The van der Waals surface area contributed by atoms with E-state index >= 15 is 0 Å². The first-order valence-electron chi connectivity index (χ1n) is 6.18. The summed E-state index contributed by atoms with van der Waals surface area (Å²) in [5.74, 6) is 0.336. The number of aromatic amines is 1. The second kappa shape index (κ2) is 5.06. The predicted octanol–water partition coefficient (Wildman–Crippen LogP) is 1.37. The number of aromatic nitrogens is 3. The third-order valence-corrected chi connectivity index (χ3v) is 3.41. The van der Waals surface area contributed by atoms with Crippen LogP contribution in [0.3, 0.4) is 0 Å². The average Bonchev–Trinajstić information content (AvgIpc) is 2.45. The summed E-state index contributed by atoms with van der Waals surface area (Å²) in [7, 11) is 0. The fourth-order valence-corrected chi connectivity index (χ4v) is 2.25. The largest absolute Gasteiger partial charge is 0.383 e. The van der Waals surface area contributed by atoms with Gasteiger partial charge in [0, 0.05) is 17.1 Å². The molecule has 2 heterocycles. The third-order valence-electron chi connectivity index (χ3n) is 3.14. The van der Waals surface area contributed by atoms with Crippen LogP contribution in [-0.4, -0.2) is 14.5 Å². The van der Waals surface area contributed by atoms with Gasteiger partial charge in [0.05, 0.1) is 12.1 Å². The number of hydrogen-bond donors (Lipinski definition) is 2. The van der Waals surface area contributed by atoms with Gasteiger partial charge in [-0.2, -0.15) is 0 Å². The number of fused-ring (bicyclic) bond motifs is 1. The highest BCUT2D eigenvalue weighted by atomic mass is 35.5. The molecule has 2 aromatic heterocycles. The van der Waals surface area contributed by atoms with Crippen molar-refractivity contribution in [3.05, 3.63) is 68.0 Å². The monoisotopic (exact) mass is 302 g/mol. The van der Waals surface area contributed by atoms with Crippen molar-refractivity contribution >= 4 is 28.3 Å². The number of rotatable bonds is 2. The second-order valence-corrected chi connectivity index (χ2v) is 5.00. The molecule has 0 saturated carbocycles. The zero-order valence-electron chi connectivity index (χ0n) is 10.8. The van der Waals surface area contributed by atoms with Crippen molar-refractivity contribution in [1.82, 2.24) is 14.5 Å². The zero-order valence-corrected chi connectivity index (χ0v) is 11.6. The number of H-pyrrole nitrogens is 1. The summed E-state index contributed by atoms with van der Waals surface area (Å²) in [5, 5.41) is 0.868. The fourth-order valence-electron chi connectivity index (χ4n) is 2.08. The maximum Gasteiger partial charge on any atom is 0.328 e. The predicted molar refractivity (Wildman–Crippen MR) is 81.6 cm³/mol. The van der Waals surface area contributed by atoms with E-state index in [1.807, 2.05) is 30.3 Å². The summed E-state index contributed by atoms with van der Waals surface area (Å²) < 4.78 is 1.28. The maximum absolute atomic E-state index is 11.8. The molecule has 0 fully saturated rings. The highest BCUT2D eigenvalue weighted by molar-refractivity contribution is 6.30. The lowest BCUT2D eigenvalue weighted by Gasteiger charge is -2.09. The van der Waals surface area contributed by atoms with E-state index in [0.717, 1.165) is 10.9 Å². The summed E-state index contributed by atoms with van der Waals surface area (Å²) in [6.45, 7) is 0.180. The van der Waals surface area contributed by atoms with E-state index in [4.69, 9.17) is 17.3 Å². The number of hydrogen-bond acceptors (Lipinski definition) is 4. The number of nitrogens with zero attached hydrogens (tertiary/aromatic N) is 2. The molecule has 3 rings (SSSR count). The maximum atomic E-state index is 11.8. The number of nitrogens with one attached hydrogen (secondary N) is 1. The second-order valence-electron chi connectivity index (χ2n) is 4.59. The lowest BCUT2D eigenvalue weighted by molar-refractivity contribution is 0.721. The Balaban J connectivity index is 2.10. The topological polar surface area (TPSA) is 93.8 Å². The molecule has 0 aliphatic rings. The van der Waals surface area contributed by atoms with Gasteiger partial charge < -0.3 is 5.73 Å². The van der Waals surface area contributed by atoms with Gasteiger partial charge in [0.15, 0.2) is 0 Å². The van der Waals surface area contributed by atoms with Gasteiger partial charge in [-0.15, -0.1) is 0 Å². The van der Waals surface area contributed by atoms with E-state index in [9.17, 15) is 9.59 Å². The van der Waals surface area contributed by atoms with E-state index in [0.29, 0.717) is 11.4 Å². The van der Waals surface area contributed by atoms with Crippen LogP contribution in [0.2, 0.25) is 5.02 Å². The standard InChI is InChI=1S/C14H11ClN4O2/c15-10-7-19(14(21)18-13(10)20)6-9-5-8-3-1-2-4-11(8)17-12(9)16/h1-5,7H,6H2,(H2,16,17)(H,18,20,21). The lowest BCUT2D eigenvalue weighted by Crippen LogP contribution is -2.30. The van der Waals surface area contributed by atoms with Gasteiger partial charge in [-0.1, -0.05) is 29.8 Å². The molecule has 0 saturated heterocycles. The summed E-state index contributed by atoms with van der Waals surface area (Å²) in [4.78, 5) is 29.4. The van der Waals surface area contributed by atoms with Crippen LogP contribution in [0.5, 0.6) is 0 Å². The molecular weight excluding hydrogens is 292 g/mol. The molecule has 0 unspecified atom stereocenters. The minimum atomic E-state index is -0.609. The highest BCUT2D eigenvalue weighted by Crippen LogP contribution is 2.18. The van der Waals surface area contributed by atoms with Gasteiger partial charge in [-0.25, -0.2) is 9.78 Å². The number of benzene rings is 1. The Kier molecular flexibility index (Phi) is 3.23. The van der Waals surface area contributed by atoms with Crippen LogP contribution in [0.15, 0.2) is 46.1 Å². The molecule has 0 atom stereocenters. The van der Waals surface area contributed by atoms with Crippen molar-refractivity contribution in [3.63, 3.8) is 0 Å². The quantitative estimate of drug-likeness (QED) is 0.747. The smallest absolute Gasteiger partial charge is 0.328 e. The Morgan fingerprint density at radius 1 is 1.29 bits per heavy atom. The number of pyridine rings is 1. The SMILES string of the molecule is Nc1nc2ccccc2cc1Cn1cc(Cl)c(=O)[nH]c1=O. The summed E-state index contributed by atoms with van der Waals surface area (Å²) in [6.07, 6.45) is 1.29. The number of nitrogen functional groups attached to an aromatic ring is 1. The Morgan fingerprint density at radius 3 is 2.86 bits per heavy atom. The first-order valence-corrected chi connectivity index (χ1v) is 6.56. The van der Waals surface area contributed by atoms with Crippen LogP contribution in [0.25, 0.3) is 10.9 Å². The summed E-state index contributed by atoms with van der Waals surface area (Å²) in [5.41, 5.74) is 6.23. The van der Waals surface area contributed by atoms with Crippen LogP contribution in [-0.2, 0) is 6.54 Å². The third kappa shape index (κ3) is 2.53. The molecule has 3 N–H and O–H groups in total. The van der Waals surface area contributed by atoms with Gasteiger partial charge >= 0.3 is 5.69 Å². The molecule has 0 spiro atoms. The first-order chi connectivity index (χ1) is 10.0. The number of halogens is 1. The van der Waals surface area contributed by atoms with Gasteiger partial charge in [-0.05, 0) is 12.1 Å². The van der Waals surface area contributed by atoms with E-state index in [-0.39, 0.29) is 11.6 Å². The van der Waals surface area contributed by atoms with Crippen molar-refractivity contribution in [1.29, 1.82) is 0 Å². The van der Waals surface area contributed by atoms with E-state index in [1.165, 1.54) is 10.8 Å². The minimum absolute atomic E-state index is 0.0538. The molecule has 0 bridgehead atoms. The molecule has 3 aromatic rings. The number of nitrogens with two attached hydrogens (primary N) is 1. The molecule has 0 aliphatic heterocycles. The molecule has 7 heteroatoms. The molecule has 1 aromatic carbocycles. The minimum Gasteiger partial charge on any atom is -0.383 e. The van der Waals surface area contributed by atoms with Gasteiger partial charge in [0.1, 0.15) is 10.8 Å². The molecule has 106 valence electrons. The van der Waals surface area contributed by atoms with Gasteiger partial charge in [0.2, 0.25) is 0 Å². The zero-order chi connectivity index (χ0) is 15.0. The Labute approximate surface area is 123 Å². The highest BCUT2D eigenvalue weighted by Gasteiger charge is 2.08. The van der Waals surface area contributed by atoms with Gasteiger partial charge in [-0.3, -0.25) is 14.3 Å². The van der Waals surface area contributed by atoms with E-state index < -0.39 is 11.2 Å². The summed E-state index contributed by atoms with van der Waals surface area (Å²) >= 11 is 5.74. The van der Waals surface area contributed by atoms with Crippen LogP contribution in [0.4, 0.5) is 5.82 Å². The van der Waals surface area contributed by atoms with E-state index in [1.54, 1.807) is 0 Å². The normalized spacial score (nSPS) is 10.9. The van der Waals surface area contributed by atoms with Crippen LogP contribution < -0.4 is 17.0 Å². The molecule has 0 amide bonds. The van der Waals surface area contributed by atoms with Crippen molar-refractivity contribution < 1.29 is 0 Å². The lowest BCUT2D eigenvalue weighted by atomic mass is 10.1. The molecular formula is C14H11ClN4O2. The fraction of sp³-hybridized carbons (Fsp3) is 0.0714. The Morgan fingerprint density at radius 2 is 2.05 bits per heavy atom. The molecule has 0 radical (unpaired) electrons. The molecule has 0 aliphatic carbocycles. The van der Waals surface area contributed by atoms with Gasteiger partial charge in [0.25, 0.3) is 5.56 Å². The first kappa shape index (κ1) is 13.4. The number of para-hydroxylation sites is 1. The summed E-state index contributed by atoms with van der Waals surface area (Å²) in [6, 6.07) is 9.41. The molecule has 21 heavy (non-hydrogen) atoms. The van der Waals surface area contributed by atoms with Crippen molar-refractivity contribution in [3.8, 4) is 0 Å². The van der Waals surface area contributed by atoms with Crippen LogP contribution in [0, 0.1) is 0 Å². The van der Waals surface area contributed by atoms with Crippen LogP contribution in [0.1, 0.15) is 5.56 Å². The van der Waals surface area contributed by atoms with Crippen LogP contribution >= 0.6 is 11.6 Å². The molecule has 6 nitrogen and oxygen atoms in total. The Bertz CT molecular complexity index is 946.